The molecule has 122 valence electrons. The van der Waals surface area contributed by atoms with Gasteiger partial charge >= 0.3 is 6.18 Å². The quantitative estimate of drug-likeness (QED) is 0.854. The molecule has 1 heterocycles. The van der Waals surface area contributed by atoms with Crippen molar-refractivity contribution in [3.63, 3.8) is 0 Å². The van der Waals surface area contributed by atoms with E-state index in [1.165, 1.54) is 30.3 Å². The lowest BCUT2D eigenvalue weighted by Crippen LogP contribution is -2.18. The summed E-state index contributed by atoms with van der Waals surface area (Å²) >= 11 is 5.85. The van der Waals surface area contributed by atoms with Gasteiger partial charge in [0.1, 0.15) is 11.0 Å². The maximum Gasteiger partial charge on any atom is 0.418 e. The van der Waals surface area contributed by atoms with Crippen molar-refractivity contribution in [3.05, 3.63) is 52.7 Å². The molecule has 0 aliphatic carbocycles. The molecule has 0 saturated carbocycles. The van der Waals surface area contributed by atoms with Crippen LogP contribution in [0.3, 0.4) is 0 Å². The van der Waals surface area contributed by atoms with Gasteiger partial charge in [0.15, 0.2) is 0 Å². The number of aromatic nitrogens is 1. The van der Waals surface area contributed by atoms with E-state index in [-0.39, 0.29) is 16.4 Å². The molecule has 1 aromatic heterocycles. The number of halogens is 4. The average molecular weight is 344 g/mol. The number of amides is 1. The minimum atomic E-state index is -4.56. The maximum absolute atomic E-state index is 12.9. The third kappa shape index (κ3) is 4.13. The van der Waals surface area contributed by atoms with Crippen molar-refractivity contribution < 1.29 is 18.0 Å². The third-order valence-corrected chi connectivity index (χ3v) is 3.18. The van der Waals surface area contributed by atoms with E-state index < -0.39 is 17.6 Å². The molecule has 2 rings (SSSR count). The number of para-hydroxylation sites is 1. The zero-order valence-electron chi connectivity index (χ0n) is 12.3. The van der Waals surface area contributed by atoms with Crippen molar-refractivity contribution in [3.8, 4) is 0 Å². The van der Waals surface area contributed by atoms with Crippen molar-refractivity contribution >= 4 is 29.0 Å². The first-order valence-corrected chi connectivity index (χ1v) is 6.89. The Kier molecular flexibility index (Phi) is 4.79. The fraction of sp³-hybridized carbons (Fsp3) is 0.200. The monoisotopic (exact) mass is 343 g/mol. The second-order valence-electron chi connectivity index (χ2n) is 4.93. The summed E-state index contributed by atoms with van der Waals surface area (Å²) in [6.45, 7) is 0. The standard InChI is InChI=1S/C15H13ClF3N3O/c1-22(2)13-8-9(7-12(16)21-13)14(23)20-11-6-4-3-5-10(11)15(17,18)19/h3-8H,1-2H3,(H,20,23). The van der Waals surface area contributed by atoms with Gasteiger partial charge in [-0.3, -0.25) is 4.79 Å². The molecular formula is C15H13ClF3N3O. The number of pyridine rings is 1. The molecule has 23 heavy (non-hydrogen) atoms. The first-order chi connectivity index (χ1) is 10.7. The summed E-state index contributed by atoms with van der Waals surface area (Å²) in [7, 11) is 3.42. The molecule has 0 bridgehead atoms. The Morgan fingerprint density at radius 1 is 1.22 bits per heavy atom. The lowest BCUT2D eigenvalue weighted by atomic mass is 10.1. The topological polar surface area (TPSA) is 45.2 Å². The summed E-state index contributed by atoms with van der Waals surface area (Å²) in [5.41, 5.74) is -1.11. The highest BCUT2D eigenvalue weighted by atomic mass is 35.5. The minimum Gasteiger partial charge on any atom is -0.363 e. The van der Waals surface area contributed by atoms with Crippen LogP contribution in [0.2, 0.25) is 5.15 Å². The normalized spacial score (nSPS) is 11.2. The number of hydrogen-bond acceptors (Lipinski definition) is 3. The molecule has 0 radical (unpaired) electrons. The Labute approximate surface area is 135 Å². The average Bonchev–Trinajstić information content (AvgIpc) is 2.46. The molecule has 1 amide bonds. The van der Waals surface area contributed by atoms with Gasteiger partial charge in [-0.15, -0.1) is 0 Å². The van der Waals surface area contributed by atoms with Crippen LogP contribution in [0.1, 0.15) is 15.9 Å². The van der Waals surface area contributed by atoms with Crippen LogP contribution in [0, 0.1) is 0 Å². The van der Waals surface area contributed by atoms with Crippen molar-refractivity contribution in [1.29, 1.82) is 0 Å². The molecule has 1 N–H and O–H groups in total. The van der Waals surface area contributed by atoms with E-state index in [2.05, 4.69) is 10.3 Å². The summed E-state index contributed by atoms with van der Waals surface area (Å²) < 4.78 is 38.8. The van der Waals surface area contributed by atoms with Gasteiger partial charge in [-0.2, -0.15) is 13.2 Å². The summed E-state index contributed by atoms with van der Waals surface area (Å²) in [6.07, 6.45) is -4.56. The van der Waals surface area contributed by atoms with E-state index in [1.807, 2.05) is 0 Å². The number of nitrogens with zero attached hydrogens (tertiary/aromatic N) is 2. The van der Waals surface area contributed by atoms with Crippen molar-refractivity contribution in [1.82, 2.24) is 4.98 Å². The highest BCUT2D eigenvalue weighted by Crippen LogP contribution is 2.34. The Morgan fingerprint density at radius 3 is 2.48 bits per heavy atom. The molecule has 0 spiro atoms. The number of carbonyl (C=O) groups is 1. The summed E-state index contributed by atoms with van der Waals surface area (Å²) in [4.78, 5) is 17.9. The minimum absolute atomic E-state index is 0.0745. The van der Waals surface area contributed by atoms with Crippen LogP contribution in [-0.4, -0.2) is 25.0 Å². The fourth-order valence-corrected chi connectivity index (χ4v) is 2.08. The second-order valence-corrected chi connectivity index (χ2v) is 5.32. The predicted octanol–water partition coefficient (Wildman–Crippen LogP) is 4.07. The Balaban J connectivity index is 2.34. The van der Waals surface area contributed by atoms with Crippen LogP contribution in [-0.2, 0) is 6.18 Å². The van der Waals surface area contributed by atoms with Crippen LogP contribution < -0.4 is 10.2 Å². The van der Waals surface area contributed by atoms with Gasteiger partial charge in [-0.25, -0.2) is 4.98 Å². The predicted molar refractivity (Wildman–Crippen MR) is 83.0 cm³/mol. The largest absolute Gasteiger partial charge is 0.418 e. The van der Waals surface area contributed by atoms with E-state index in [1.54, 1.807) is 19.0 Å². The molecule has 4 nitrogen and oxygen atoms in total. The number of rotatable bonds is 3. The van der Waals surface area contributed by atoms with Gasteiger partial charge in [-0.1, -0.05) is 23.7 Å². The van der Waals surface area contributed by atoms with Gasteiger partial charge in [0.25, 0.3) is 5.91 Å². The fourth-order valence-electron chi connectivity index (χ4n) is 1.88. The zero-order chi connectivity index (χ0) is 17.2. The molecular weight excluding hydrogens is 331 g/mol. The van der Waals surface area contributed by atoms with Gasteiger partial charge in [-0.05, 0) is 24.3 Å². The Hall–Kier alpha value is -2.28. The summed E-state index contributed by atoms with van der Waals surface area (Å²) in [5.74, 6) is -0.277. The van der Waals surface area contributed by atoms with E-state index >= 15 is 0 Å². The van der Waals surface area contributed by atoms with Gasteiger partial charge in [0, 0.05) is 19.7 Å². The number of anilines is 2. The molecule has 0 fully saturated rings. The number of alkyl halides is 3. The molecule has 2 aromatic rings. The molecule has 1 aromatic carbocycles. The molecule has 0 aliphatic rings. The molecule has 0 unspecified atom stereocenters. The molecule has 0 saturated heterocycles. The highest BCUT2D eigenvalue weighted by molar-refractivity contribution is 6.30. The van der Waals surface area contributed by atoms with E-state index in [0.29, 0.717) is 5.82 Å². The lowest BCUT2D eigenvalue weighted by molar-refractivity contribution is -0.136. The first-order valence-electron chi connectivity index (χ1n) is 6.51. The summed E-state index contributed by atoms with van der Waals surface area (Å²) in [6, 6.07) is 7.50. The van der Waals surface area contributed by atoms with Crippen LogP contribution in [0.15, 0.2) is 36.4 Å². The van der Waals surface area contributed by atoms with Crippen LogP contribution in [0.25, 0.3) is 0 Å². The second kappa shape index (κ2) is 6.45. The number of benzene rings is 1. The molecule has 8 heteroatoms. The van der Waals surface area contributed by atoms with E-state index in [9.17, 15) is 18.0 Å². The van der Waals surface area contributed by atoms with Gasteiger partial charge in [0.05, 0.1) is 11.3 Å². The van der Waals surface area contributed by atoms with E-state index in [0.717, 1.165) is 6.07 Å². The molecule has 0 atom stereocenters. The van der Waals surface area contributed by atoms with Crippen LogP contribution in [0.5, 0.6) is 0 Å². The number of hydrogen-bond donors (Lipinski definition) is 1. The highest BCUT2D eigenvalue weighted by Gasteiger charge is 2.33. The van der Waals surface area contributed by atoms with Crippen molar-refractivity contribution in [2.75, 3.05) is 24.3 Å². The Morgan fingerprint density at radius 2 is 1.87 bits per heavy atom. The van der Waals surface area contributed by atoms with Gasteiger partial charge in [0.2, 0.25) is 0 Å². The van der Waals surface area contributed by atoms with Crippen molar-refractivity contribution in [2.24, 2.45) is 0 Å². The zero-order valence-corrected chi connectivity index (χ0v) is 13.0. The smallest absolute Gasteiger partial charge is 0.363 e. The van der Waals surface area contributed by atoms with Crippen LogP contribution in [0.4, 0.5) is 24.7 Å². The number of nitrogens with one attached hydrogen (secondary N) is 1. The van der Waals surface area contributed by atoms with Gasteiger partial charge < -0.3 is 10.2 Å². The van der Waals surface area contributed by atoms with Crippen molar-refractivity contribution in [2.45, 2.75) is 6.18 Å². The Bertz CT molecular complexity index is 732. The SMILES string of the molecule is CN(C)c1cc(C(=O)Nc2ccccc2C(F)(F)F)cc(Cl)n1. The lowest BCUT2D eigenvalue weighted by Gasteiger charge is -2.15. The van der Waals surface area contributed by atoms with Crippen LogP contribution >= 0.6 is 11.6 Å². The van der Waals surface area contributed by atoms with E-state index in [4.69, 9.17) is 11.6 Å². The maximum atomic E-state index is 12.9. The third-order valence-electron chi connectivity index (χ3n) is 2.98. The number of carbonyl (C=O) groups excluding carboxylic acids is 1. The first kappa shape index (κ1) is 17.1. The summed E-state index contributed by atoms with van der Waals surface area (Å²) in [5, 5.41) is 2.34. The molecule has 0 aliphatic heterocycles.